The highest BCUT2D eigenvalue weighted by molar-refractivity contribution is 5.82. The highest BCUT2D eigenvalue weighted by Crippen LogP contribution is 2.40. The Kier molecular flexibility index (Phi) is 5.53. The standard InChI is InChI=1S/C26H22N8O2/c1-16(35)34-11-3-5-23(34)17-12-19-20(33-26(32-19)22-15-28-8-10-30-22)13-24(17)36-25-6-2-4-18(31-25)21-14-27-7-9-29-21/h2,4,6-10,12-15,23H,3,5,11H2,1H3,(H,32,33). The lowest BCUT2D eigenvalue weighted by Crippen LogP contribution is -2.28. The van der Waals surface area contributed by atoms with Crippen LogP contribution in [0.2, 0.25) is 0 Å². The van der Waals surface area contributed by atoms with Gasteiger partial charge in [0.1, 0.15) is 17.1 Å². The third-order valence-corrected chi connectivity index (χ3v) is 6.20. The van der Waals surface area contributed by atoms with Crippen LogP contribution in [0.25, 0.3) is 33.9 Å². The number of fused-ring (bicyclic) bond motifs is 1. The average Bonchev–Trinajstić information content (AvgIpc) is 3.57. The first-order valence-corrected chi connectivity index (χ1v) is 11.6. The number of imidazole rings is 1. The second-order valence-corrected chi connectivity index (χ2v) is 8.51. The molecule has 0 aliphatic carbocycles. The van der Waals surface area contributed by atoms with Crippen LogP contribution in [-0.2, 0) is 4.79 Å². The predicted molar refractivity (Wildman–Crippen MR) is 132 cm³/mol. The van der Waals surface area contributed by atoms with Crippen LogP contribution in [0.15, 0.2) is 67.5 Å². The molecule has 1 atom stereocenters. The number of amides is 1. The van der Waals surface area contributed by atoms with Gasteiger partial charge in [-0.1, -0.05) is 6.07 Å². The summed E-state index contributed by atoms with van der Waals surface area (Å²) in [5.41, 5.74) is 4.39. The first-order valence-electron chi connectivity index (χ1n) is 11.6. The SMILES string of the molecule is CC(=O)N1CCCC1c1cc2[nH]c(-c3cnccn3)nc2cc1Oc1cccc(-c2cnccn2)n1. The molecule has 1 N–H and O–H groups in total. The molecule has 6 rings (SSSR count). The number of carbonyl (C=O) groups excluding carboxylic acids is 1. The minimum absolute atomic E-state index is 0.0381. The third-order valence-electron chi connectivity index (χ3n) is 6.20. The van der Waals surface area contributed by atoms with E-state index in [-0.39, 0.29) is 11.9 Å². The van der Waals surface area contributed by atoms with Crippen molar-refractivity contribution in [1.29, 1.82) is 0 Å². The van der Waals surface area contributed by atoms with Crippen molar-refractivity contribution in [3.63, 3.8) is 0 Å². The zero-order valence-corrected chi connectivity index (χ0v) is 19.5. The molecule has 5 heterocycles. The second-order valence-electron chi connectivity index (χ2n) is 8.51. The predicted octanol–water partition coefficient (Wildman–Crippen LogP) is 4.35. The van der Waals surface area contributed by atoms with Crippen LogP contribution in [-0.4, -0.2) is 52.2 Å². The molecule has 1 amide bonds. The minimum Gasteiger partial charge on any atom is -0.439 e. The molecule has 0 radical (unpaired) electrons. The molecule has 0 saturated carbocycles. The summed E-state index contributed by atoms with van der Waals surface area (Å²) in [7, 11) is 0. The third kappa shape index (κ3) is 4.13. The number of ether oxygens (including phenoxy) is 1. The molecule has 4 aromatic heterocycles. The molecule has 10 heteroatoms. The molecule has 1 aromatic carbocycles. The molecular weight excluding hydrogens is 456 g/mol. The number of H-pyrrole nitrogens is 1. The Morgan fingerprint density at radius 2 is 1.81 bits per heavy atom. The van der Waals surface area contributed by atoms with E-state index in [2.05, 4.69) is 29.9 Å². The summed E-state index contributed by atoms with van der Waals surface area (Å²) in [6.07, 6.45) is 11.6. The number of aromatic amines is 1. The molecule has 178 valence electrons. The summed E-state index contributed by atoms with van der Waals surface area (Å²) >= 11 is 0. The van der Waals surface area contributed by atoms with E-state index >= 15 is 0 Å². The fourth-order valence-corrected chi connectivity index (χ4v) is 4.57. The lowest BCUT2D eigenvalue weighted by atomic mass is 10.0. The monoisotopic (exact) mass is 478 g/mol. The smallest absolute Gasteiger partial charge is 0.219 e. The molecule has 5 aromatic rings. The maximum absolute atomic E-state index is 12.4. The van der Waals surface area contributed by atoms with Crippen molar-refractivity contribution < 1.29 is 9.53 Å². The summed E-state index contributed by atoms with van der Waals surface area (Å²) in [6, 6.07) is 9.30. The summed E-state index contributed by atoms with van der Waals surface area (Å²) in [5.74, 6) is 1.66. The summed E-state index contributed by atoms with van der Waals surface area (Å²) in [6.45, 7) is 2.32. The Balaban J connectivity index is 1.44. The van der Waals surface area contributed by atoms with Crippen LogP contribution in [0.3, 0.4) is 0 Å². The number of carbonyl (C=O) groups is 1. The fourth-order valence-electron chi connectivity index (χ4n) is 4.57. The van der Waals surface area contributed by atoms with Gasteiger partial charge in [-0.05, 0) is 25.0 Å². The zero-order valence-electron chi connectivity index (χ0n) is 19.5. The Hall–Kier alpha value is -4.73. The van der Waals surface area contributed by atoms with Gasteiger partial charge in [0.15, 0.2) is 5.82 Å². The maximum Gasteiger partial charge on any atom is 0.219 e. The molecule has 0 bridgehead atoms. The molecule has 1 saturated heterocycles. The van der Waals surface area contributed by atoms with Crippen molar-refractivity contribution in [2.45, 2.75) is 25.8 Å². The topological polar surface area (TPSA) is 123 Å². The van der Waals surface area contributed by atoms with Crippen LogP contribution < -0.4 is 4.74 Å². The van der Waals surface area contributed by atoms with Gasteiger partial charge in [0.25, 0.3) is 0 Å². The molecule has 36 heavy (non-hydrogen) atoms. The number of nitrogens with zero attached hydrogens (tertiary/aromatic N) is 7. The number of aromatic nitrogens is 7. The van der Waals surface area contributed by atoms with E-state index in [1.807, 2.05) is 29.2 Å². The van der Waals surface area contributed by atoms with Gasteiger partial charge in [-0.15, -0.1) is 0 Å². The van der Waals surface area contributed by atoms with Crippen LogP contribution in [0.4, 0.5) is 0 Å². The van der Waals surface area contributed by atoms with Crippen molar-refractivity contribution in [3.8, 4) is 34.5 Å². The normalized spacial score (nSPS) is 15.4. The number of benzene rings is 1. The van der Waals surface area contributed by atoms with Crippen LogP contribution in [0, 0.1) is 0 Å². The largest absolute Gasteiger partial charge is 0.439 e. The van der Waals surface area contributed by atoms with Gasteiger partial charge in [0.05, 0.1) is 35.2 Å². The van der Waals surface area contributed by atoms with Gasteiger partial charge in [-0.2, -0.15) is 0 Å². The van der Waals surface area contributed by atoms with Crippen LogP contribution in [0.1, 0.15) is 31.4 Å². The summed E-state index contributed by atoms with van der Waals surface area (Å²) in [5, 5.41) is 0. The number of hydrogen-bond acceptors (Lipinski definition) is 8. The Bertz CT molecular complexity index is 1540. The summed E-state index contributed by atoms with van der Waals surface area (Å²) < 4.78 is 6.36. The van der Waals surface area contributed by atoms with E-state index in [1.54, 1.807) is 50.2 Å². The van der Waals surface area contributed by atoms with Crippen LogP contribution >= 0.6 is 0 Å². The average molecular weight is 479 g/mol. The molecule has 1 fully saturated rings. The second kappa shape index (κ2) is 9.14. The van der Waals surface area contributed by atoms with Crippen LogP contribution in [0.5, 0.6) is 11.6 Å². The van der Waals surface area contributed by atoms with E-state index in [1.165, 1.54) is 0 Å². The van der Waals surface area contributed by atoms with Gasteiger partial charge in [0, 0.05) is 56.0 Å². The lowest BCUT2D eigenvalue weighted by Gasteiger charge is -2.25. The lowest BCUT2D eigenvalue weighted by molar-refractivity contribution is -0.129. The van der Waals surface area contributed by atoms with E-state index in [4.69, 9.17) is 9.72 Å². The maximum atomic E-state index is 12.4. The molecule has 0 spiro atoms. The summed E-state index contributed by atoms with van der Waals surface area (Å²) in [4.78, 5) is 43.9. The molecule has 1 unspecified atom stereocenters. The number of pyridine rings is 1. The quantitative estimate of drug-likeness (QED) is 0.396. The molecule has 1 aliphatic heterocycles. The molecule has 1 aliphatic rings. The van der Waals surface area contributed by atoms with E-state index in [0.717, 1.165) is 23.9 Å². The first kappa shape index (κ1) is 21.8. The number of likely N-dealkylation sites (tertiary alicyclic amines) is 1. The van der Waals surface area contributed by atoms with Crippen molar-refractivity contribution >= 4 is 16.9 Å². The molecule has 10 nitrogen and oxygen atoms in total. The minimum atomic E-state index is -0.103. The molecular formula is C26H22N8O2. The van der Waals surface area contributed by atoms with Gasteiger partial charge >= 0.3 is 0 Å². The Morgan fingerprint density at radius 3 is 2.56 bits per heavy atom. The van der Waals surface area contributed by atoms with E-state index in [0.29, 0.717) is 46.6 Å². The van der Waals surface area contributed by atoms with Gasteiger partial charge in [-0.3, -0.25) is 19.7 Å². The first-order chi connectivity index (χ1) is 17.7. The Morgan fingerprint density at radius 1 is 1.00 bits per heavy atom. The van der Waals surface area contributed by atoms with E-state index < -0.39 is 0 Å². The van der Waals surface area contributed by atoms with Gasteiger partial charge < -0.3 is 14.6 Å². The highest BCUT2D eigenvalue weighted by atomic mass is 16.5. The van der Waals surface area contributed by atoms with Crippen molar-refractivity contribution in [2.24, 2.45) is 0 Å². The Labute approximate surface area is 206 Å². The number of nitrogens with one attached hydrogen (secondary N) is 1. The van der Waals surface area contributed by atoms with E-state index in [9.17, 15) is 4.79 Å². The van der Waals surface area contributed by atoms with Gasteiger partial charge in [-0.25, -0.2) is 15.0 Å². The van der Waals surface area contributed by atoms with Gasteiger partial charge in [0.2, 0.25) is 11.8 Å². The highest BCUT2D eigenvalue weighted by Gasteiger charge is 2.31. The van der Waals surface area contributed by atoms with Crippen molar-refractivity contribution in [1.82, 2.24) is 39.8 Å². The number of rotatable bonds is 5. The zero-order chi connectivity index (χ0) is 24.5. The van der Waals surface area contributed by atoms with Crippen molar-refractivity contribution in [2.75, 3.05) is 6.54 Å². The fraction of sp³-hybridized carbons (Fsp3) is 0.192. The number of hydrogen-bond donors (Lipinski definition) is 1. The van der Waals surface area contributed by atoms with Crippen molar-refractivity contribution in [3.05, 3.63) is 73.1 Å².